The van der Waals surface area contributed by atoms with Gasteiger partial charge in [-0.2, -0.15) is 0 Å². The number of hydrogen-bond acceptors (Lipinski definition) is 8. The molecule has 39 heavy (non-hydrogen) atoms. The maximum absolute atomic E-state index is 12.7. The Balaban J connectivity index is 1.50. The Labute approximate surface area is 232 Å². The third-order valence-electron chi connectivity index (χ3n) is 6.60. The molecule has 0 saturated carbocycles. The van der Waals surface area contributed by atoms with E-state index in [1.54, 1.807) is 11.8 Å². The number of amidine groups is 1. The number of benzene rings is 1. The van der Waals surface area contributed by atoms with Crippen LogP contribution in [0, 0.1) is 0 Å². The summed E-state index contributed by atoms with van der Waals surface area (Å²) in [6, 6.07) is 8.00. The Morgan fingerprint density at radius 2 is 1.97 bits per heavy atom. The molecule has 0 saturated heterocycles. The predicted molar refractivity (Wildman–Crippen MR) is 150 cm³/mol. The van der Waals surface area contributed by atoms with Crippen molar-refractivity contribution >= 4 is 35.3 Å². The van der Waals surface area contributed by atoms with Gasteiger partial charge in [-0.25, -0.2) is 0 Å². The molecule has 0 spiro atoms. The van der Waals surface area contributed by atoms with Crippen LogP contribution < -0.4 is 10.6 Å². The average molecular weight is 554 g/mol. The summed E-state index contributed by atoms with van der Waals surface area (Å²) in [5.41, 5.74) is 2.08. The van der Waals surface area contributed by atoms with E-state index in [4.69, 9.17) is 14.8 Å². The smallest absolute Gasteiger partial charge is 0.254 e. The van der Waals surface area contributed by atoms with Crippen molar-refractivity contribution in [3.63, 3.8) is 0 Å². The molecule has 1 aromatic carbocycles. The second kappa shape index (κ2) is 14.2. The van der Waals surface area contributed by atoms with Gasteiger partial charge in [0.1, 0.15) is 12.4 Å². The van der Waals surface area contributed by atoms with E-state index in [0.717, 1.165) is 51.9 Å². The number of allylic oxidation sites excluding steroid dienone is 2. The molecule has 3 amide bonds. The van der Waals surface area contributed by atoms with Gasteiger partial charge in [0.15, 0.2) is 0 Å². The number of ether oxygens (including phenoxy) is 1. The molecular weight excluding hydrogens is 518 g/mol. The van der Waals surface area contributed by atoms with Crippen LogP contribution in [0.25, 0.3) is 0 Å². The summed E-state index contributed by atoms with van der Waals surface area (Å²) < 4.78 is 5.49. The number of aliphatic imine (C=N–C) groups is 1. The lowest BCUT2D eigenvalue weighted by Gasteiger charge is -2.30. The zero-order valence-electron chi connectivity index (χ0n) is 22.1. The number of carbonyl (C=O) groups is 3. The van der Waals surface area contributed by atoms with Gasteiger partial charge in [0.2, 0.25) is 5.91 Å². The second-order valence-electron chi connectivity index (χ2n) is 9.19. The zero-order chi connectivity index (χ0) is 27.6. The van der Waals surface area contributed by atoms with Crippen LogP contribution in [0.4, 0.5) is 0 Å². The highest BCUT2D eigenvalue weighted by Gasteiger charge is 2.27. The van der Waals surface area contributed by atoms with Crippen molar-refractivity contribution < 1.29 is 24.2 Å². The first-order valence-electron chi connectivity index (χ1n) is 13.2. The fourth-order valence-electron chi connectivity index (χ4n) is 4.52. The number of imide groups is 1. The topological polar surface area (TPSA) is 124 Å². The van der Waals surface area contributed by atoms with Gasteiger partial charge in [0.05, 0.1) is 26.4 Å². The normalized spacial score (nSPS) is 18.3. The number of amides is 3. The third kappa shape index (κ3) is 7.66. The van der Waals surface area contributed by atoms with Crippen LogP contribution in [0.2, 0.25) is 0 Å². The molecule has 2 aliphatic heterocycles. The van der Waals surface area contributed by atoms with Gasteiger partial charge in [-0.1, -0.05) is 49.0 Å². The molecule has 10 nitrogen and oxygen atoms in total. The number of nitrogens with zero attached hydrogens (tertiary/aromatic N) is 3. The predicted octanol–water partition coefficient (Wildman–Crippen LogP) is 1.43. The van der Waals surface area contributed by atoms with E-state index in [0.29, 0.717) is 26.2 Å². The number of nitrogens with one attached hydrogen (secondary N) is 2. The Kier molecular flexibility index (Phi) is 10.5. The van der Waals surface area contributed by atoms with Crippen molar-refractivity contribution in [2.24, 2.45) is 4.99 Å². The Morgan fingerprint density at radius 3 is 2.74 bits per heavy atom. The number of aliphatic hydroxyl groups is 1. The number of rotatable bonds is 13. The summed E-state index contributed by atoms with van der Waals surface area (Å²) >= 11 is 1.74. The monoisotopic (exact) mass is 553 g/mol. The van der Waals surface area contributed by atoms with E-state index in [1.165, 1.54) is 4.91 Å². The second-order valence-corrected chi connectivity index (χ2v) is 10.3. The standard InChI is InChI=1S/C28H35N5O5S/c1-2-32(13-15-38-16-14-34)20(17-29-25(35)19-33-26(36)11-12-27(33)37)18-30-28-21-7-3-5-9-23(21)39-24-10-6-4-8-22(24)31-28/h3,5,7-12,20,34H,2,4,6,13-19H2,1H3,(H,29,35)(H,30,31)/t20-/m0/s1. The summed E-state index contributed by atoms with van der Waals surface area (Å²) in [6.45, 7) is 4.30. The first-order chi connectivity index (χ1) is 19.0. The van der Waals surface area contributed by atoms with E-state index < -0.39 is 17.7 Å². The highest BCUT2D eigenvalue weighted by atomic mass is 32.2. The van der Waals surface area contributed by atoms with Gasteiger partial charge >= 0.3 is 0 Å². The van der Waals surface area contributed by atoms with Gasteiger partial charge < -0.3 is 20.5 Å². The molecule has 0 aromatic heterocycles. The lowest BCUT2D eigenvalue weighted by Crippen LogP contribution is -2.49. The Morgan fingerprint density at radius 1 is 1.21 bits per heavy atom. The van der Waals surface area contributed by atoms with E-state index in [9.17, 15) is 14.4 Å². The zero-order valence-corrected chi connectivity index (χ0v) is 22.9. The lowest BCUT2D eigenvalue weighted by atomic mass is 10.1. The molecule has 0 unspecified atom stereocenters. The van der Waals surface area contributed by atoms with Crippen LogP contribution in [0.1, 0.15) is 25.3 Å². The van der Waals surface area contributed by atoms with E-state index in [-0.39, 0.29) is 32.3 Å². The molecule has 1 aromatic rings. The molecule has 0 fully saturated rings. The minimum absolute atomic E-state index is 0.0442. The summed E-state index contributed by atoms with van der Waals surface area (Å²) in [6.07, 6.45) is 8.77. The van der Waals surface area contributed by atoms with Gasteiger partial charge in [0, 0.05) is 52.3 Å². The third-order valence-corrected chi connectivity index (χ3v) is 7.79. The molecule has 1 atom stereocenters. The van der Waals surface area contributed by atoms with Crippen molar-refractivity contribution in [2.75, 3.05) is 52.5 Å². The molecule has 4 rings (SSSR count). The lowest BCUT2D eigenvalue weighted by molar-refractivity contribution is -0.141. The molecule has 208 valence electrons. The Hall–Kier alpha value is -3.25. The quantitative estimate of drug-likeness (QED) is 0.248. The van der Waals surface area contributed by atoms with Crippen molar-refractivity contribution in [1.82, 2.24) is 20.4 Å². The minimum Gasteiger partial charge on any atom is -0.394 e. The number of hydrogen-bond donors (Lipinski definition) is 3. The van der Waals surface area contributed by atoms with E-state index in [1.807, 2.05) is 19.1 Å². The van der Waals surface area contributed by atoms with Crippen LogP contribution in [-0.2, 0) is 19.1 Å². The van der Waals surface area contributed by atoms with E-state index in [2.05, 4.69) is 39.8 Å². The number of likely N-dealkylation sites (N-methyl/N-ethyl adjacent to an activating group) is 1. The first kappa shape index (κ1) is 28.8. The highest BCUT2D eigenvalue weighted by molar-refractivity contribution is 8.03. The van der Waals surface area contributed by atoms with Crippen molar-refractivity contribution in [3.05, 3.63) is 64.7 Å². The number of thioether (sulfide) groups is 1. The number of carbonyl (C=O) groups excluding carboxylic acids is 3. The van der Waals surface area contributed by atoms with Crippen molar-refractivity contribution in [1.29, 1.82) is 0 Å². The largest absolute Gasteiger partial charge is 0.394 e. The van der Waals surface area contributed by atoms with Crippen molar-refractivity contribution in [3.8, 4) is 0 Å². The fraction of sp³-hybridized carbons (Fsp3) is 0.429. The summed E-state index contributed by atoms with van der Waals surface area (Å²) in [5, 5.41) is 15.5. The molecule has 3 N–H and O–H groups in total. The molecule has 11 heteroatoms. The molecular formula is C28H35N5O5S. The van der Waals surface area contributed by atoms with Crippen LogP contribution >= 0.6 is 11.8 Å². The van der Waals surface area contributed by atoms with Crippen molar-refractivity contribution in [2.45, 2.75) is 30.7 Å². The van der Waals surface area contributed by atoms with Crippen LogP contribution in [0.5, 0.6) is 0 Å². The molecule has 0 bridgehead atoms. The maximum Gasteiger partial charge on any atom is 0.254 e. The summed E-state index contributed by atoms with van der Waals surface area (Å²) in [5.74, 6) is -0.619. The van der Waals surface area contributed by atoms with Gasteiger partial charge in [-0.15, -0.1) is 0 Å². The molecule has 3 aliphatic rings. The number of fused-ring (bicyclic) bond motifs is 2. The van der Waals surface area contributed by atoms with Gasteiger partial charge in [-0.3, -0.25) is 29.2 Å². The average Bonchev–Trinajstić information content (AvgIpc) is 3.16. The molecule has 2 heterocycles. The molecule has 1 aliphatic carbocycles. The van der Waals surface area contributed by atoms with Gasteiger partial charge in [0.25, 0.3) is 11.8 Å². The maximum atomic E-state index is 12.7. The Bertz CT molecular complexity index is 1180. The SMILES string of the molecule is CCN(CCOCCO)[C@H](CN=C1NC2=CCCC=C2Sc2ccccc21)CNC(=O)CN1C(=O)C=CC1=O. The summed E-state index contributed by atoms with van der Waals surface area (Å²) in [4.78, 5) is 46.8. The fourth-order valence-corrected chi connectivity index (χ4v) is 5.63. The van der Waals surface area contributed by atoms with Crippen LogP contribution in [0.15, 0.2) is 69.1 Å². The first-order valence-corrected chi connectivity index (χ1v) is 14.0. The number of aliphatic hydroxyl groups excluding tert-OH is 1. The van der Waals surface area contributed by atoms with E-state index >= 15 is 0 Å². The minimum atomic E-state index is -0.490. The highest BCUT2D eigenvalue weighted by Crippen LogP contribution is 2.38. The summed E-state index contributed by atoms with van der Waals surface area (Å²) in [7, 11) is 0. The molecule has 0 radical (unpaired) electrons. The van der Waals surface area contributed by atoms with Crippen LogP contribution in [0.3, 0.4) is 0 Å². The van der Waals surface area contributed by atoms with Gasteiger partial charge in [-0.05, 0) is 25.5 Å². The van der Waals surface area contributed by atoms with Crippen LogP contribution in [-0.4, -0.2) is 97.0 Å².